The summed E-state index contributed by atoms with van der Waals surface area (Å²) in [6.45, 7) is 7.54. The Morgan fingerprint density at radius 1 is 0.413 bits per heavy atom. The summed E-state index contributed by atoms with van der Waals surface area (Å²) >= 11 is 1.78. The minimum atomic E-state index is -5.05. The van der Waals surface area contributed by atoms with Crippen LogP contribution in [0.15, 0.2) is 130 Å². The van der Waals surface area contributed by atoms with Crippen LogP contribution in [0, 0.1) is 5.41 Å². The Morgan fingerprint density at radius 2 is 0.797 bits per heavy atom. The lowest BCUT2D eigenvalue weighted by Gasteiger charge is -2.33. The predicted molar refractivity (Wildman–Crippen MR) is 517 cm³/mol. The summed E-state index contributed by atoms with van der Waals surface area (Å²) in [5, 5.41) is 84.5. The second-order valence-corrected chi connectivity index (χ2v) is 44.4. The molecule has 0 saturated heterocycles. The fraction of sp³-hybridized carbons (Fsp3) is 0.461. The molecule has 54 heteroatoms. The van der Waals surface area contributed by atoms with Crippen molar-refractivity contribution in [3.05, 3.63) is 132 Å². The Bertz CT molecular complexity index is 5950. The molecule has 0 saturated carbocycles. The summed E-state index contributed by atoms with van der Waals surface area (Å²) in [5.74, 6) is -35.0. The number of phenols is 1. The van der Waals surface area contributed by atoms with Crippen molar-refractivity contribution in [1.82, 2.24) is 74.4 Å². The topological polar surface area (TPSA) is 791 Å². The molecule has 0 aromatic heterocycles. The number of amides is 16. The van der Waals surface area contributed by atoms with Crippen molar-refractivity contribution in [3.8, 4) is 5.75 Å². The molecule has 5 aromatic rings. The number of aliphatic carboxylic acids is 4. The lowest BCUT2D eigenvalue weighted by molar-refractivity contribution is -0.142. The number of carbonyl (C=O) groups is 20. The van der Waals surface area contributed by atoms with Gasteiger partial charge in [0.2, 0.25) is 94.5 Å². The van der Waals surface area contributed by atoms with E-state index in [4.69, 9.17) is 17.2 Å². The van der Waals surface area contributed by atoms with Crippen molar-refractivity contribution in [2.24, 2.45) is 22.6 Å². The molecular weight excluding hydrogens is 2000 g/mol. The molecule has 0 spiro atoms. The van der Waals surface area contributed by atoms with Gasteiger partial charge < -0.3 is 117 Å². The van der Waals surface area contributed by atoms with Crippen LogP contribution in [0.4, 0.5) is 0 Å². The zero-order valence-corrected chi connectivity index (χ0v) is 83.0. The maximum atomic E-state index is 15.2. The van der Waals surface area contributed by atoms with E-state index < -0.39 is 375 Å². The average Bonchev–Trinajstić information content (AvgIpc) is 0.773. The van der Waals surface area contributed by atoms with Crippen LogP contribution in [0.2, 0.25) is 0 Å². The fourth-order valence-corrected chi connectivity index (χ4v) is 22.9. The molecule has 0 radical (unpaired) electrons. The summed E-state index contributed by atoms with van der Waals surface area (Å²) in [6.07, 6.45) is -8.97. The van der Waals surface area contributed by atoms with Crippen LogP contribution in [0.1, 0.15) is 103 Å². The van der Waals surface area contributed by atoms with Gasteiger partial charge in [-0.2, -0.15) is 35.3 Å². The second kappa shape index (κ2) is 53.5. The van der Waals surface area contributed by atoms with Crippen LogP contribution in [-0.2, 0) is 145 Å². The molecule has 16 amide bonds. The van der Waals surface area contributed by atoms with Gasteiger partial charge in [0.15, 0.2) is 29.5 Å². The van der Waals surface area contributed by atoms with Crippen molar-refractivity contribution in [2.75, 3.05) is 51.8 Å². The van der Waals surface area contributed by atoms with Gasteiger partial charge in [0.05, 0.1) is 57.2 Å². The van der Waals surface area contributed by atoms with Gasteiger partial charge in [-0.15, -0.1) is 0 Å². The molecule has 2 aliphatic heterocycles. The molecule has 25 N–H and O–H groups in total. The quantitative estimate of drug-likeness (QED) is 0.0327. The van der Waals surface area contributed by atoms with Crippen molar-refractivity contribution in [2.45, 2.75) is 211 Å². The molecule has 5 aromatic carbocycles. The van der Waals surface area contributed by atoms with Gasteiger partial charge >= 0.3 is 23.9 Å². The summed E-state index contributed by atoms with van der Waals surface area (Å²) in [7, 11) is -15.0. The Hall–Kier alpha value is -13.6. The van der Waals surface area contributed by atoms with E-state index in [0.29, 0.717) is 69.8 Å². The summed E-state index contributed by atoms with van der Waals surface area (Å²) in [4.78, 5) is 278. The molecule has 143 heavy (non-hydrogen) atoms. The number of rotatable bonds is 21. The van der Waals surface area contributed by atoms with E-state index in [1.54, 1.807) is 42.5 Å². The van der Waals surface area contributed by atoms with Gasteiger partial charge in [-0.25, -0.2) is 25.3 Å². The molecular formula is C89H115N17O31S6. The van der Waals surface area contributed by atoms with Crippen molar-refractivity contribution < 1.29 is 147 Å². The highest BCUT2D eigenvalue weighted by atomic mass is 32.2. The largest absolute Gasteiger partial charge is 0.508 e. The summed E-state index contributed by atoms with van der Waals surface area (Å²) in [5.41, 5.74) is 16.5. The number of thioether (sulfide) groups is 3. The lowest BCUT2D eigenvalue weighted by atomic mass is 9.85. The van der Waals surface area contributed by atoms with Crippen molar-refractivity contribution >= 4 is 194 Å². The normalized spacial score (nSPS) is 24.6. The van der Waals surface area contributed by atoms with Gasteiger partial charge in [-0.3, -0.25) is 95.9 Å². The standard InChI is InChI=1S/C89H115N17O31S6/c1-45(90)75(118)104-66-43-139-28-31-142(134,135)54-36-53-37-55(38-54)143(136,137)32-29-140-44-67(105-77(120)47(3)93-80(123)61(35-51-17-12-16-50-15-10-11-18-56(50)51)100-78(121)57(23-25-69(109)110)95-83(126)62(39-68(91)108)97-76(119)46(2)94-86(66)129)87(130)96-58(24-26-70(111)112)79(122)101-63(40-71(113)114)84(127)99-59(33-48-13-8-7-9-14-48)81(124)98-60(34-49-19-21-52(107)22-20-49)82(125)102-64(41-72(115)116)85(128)106-73(89(4,5)6)88(131)103-65(74(92)117)42-138-27-30-141(53,132)133/h7-22,36-38,45-47,57-67,73,107H,23-35,39-44,90H2,1-6H3,(H2,91,108)(H2,92,117)(H,93,123)(H,94,129)(H,95,126)(H,96,130)(H,97,119)(H,98,124)(H,99,127)(H,100,121)(H,101,122)(H,102,125)(H,103,131)(H,104,118)(H,105,120)(H,106,128)(H,109,110)(H,111,112)(H,113,114)(H,115,116)/t45-,46+,47+,57-,58-,59-,60-,61-,62-,63-,64-,65-,66-,67+,73+/m0/s1. The van der Waals surface area contributed by atoms with Crippen LogP contribution < -0.4 is 91.6 Å². The highest BCUT2D eigenvalue weighted by molar-refractivity contribution is 8.01. The Balaban J connectivity index is 1.42. The average molecular weight is 2110 g/mol. The van der Waals surface area contributed by atoms with E-state index in [-0.39, 0.29) is 16.9 Å². The van der Waals surface area contributed by atoms with E-state index in [0.717, 1.165) is 13.8 Å². The number of sulfone groups is 3. The van der Waals surface area contributed by atoms with Crippen LogP contribution >= 0.6 is 35.3 Å². The van der Waals surface area contributed by atoms with E-state index in [1.807, 2.05) is 0 Å². The molecule has 7 rings (SSSR count). The highest BCUT2D eigenvalue weighted by Gasteiger charge is 2.42. The molecule has 2 aliphatic rings. The maximum absolute atomic E-state index is 15.2. The first-order chi connectivity index (χ1) is 67.0. The first-order valence-electron chi connectivity index (χ1n) is 44.3. The van der Waals surface area contributed by atoms with Crippen molar-refractivity contribution in [3.63, 3.8) is 0 Å². The smallest absolute Gasteiger partial charge is 0.305 e. The maximum Gasteiger partial charge on any atom is 0.305 e. The number of carboxylic acids is 4. The van der Waals surface area contributed by atoms with Gasteiger partial charge in [0.1, 0.15) is 90.3 Å². The number of hydrogen-bond donors (Lipinski definition) is 22. The number of carbonyl (C=O) groups excluding carboxylic acids is 16. The minimum absolute atomic E-state index is 0.166. The molecule has 2 heterocycles. The SMILES string of the molecule is C[C@H](N)C(=O)N[C@H]1CSCCS(=O)(=O)c2cc3cc(c2)S(=O)(=O)CCSC[C@@H](NC(=O)[C@@H](C)NC(=O)[C@H](Cc2cccc4ccccc24)NC(=O)[C@H](CCC(=O)O)NC(=O)[C@H](CC(N)=O)NC(=O)[C@@H](C)NC1=O)C(=O)N[C@@H](CCC(=O)O)C(=O)N[C@@H](CC(=O)O)C(=O)N[C@@H](Cc1ccccc1)C(=O)N[C@@H](Cc1ccc(O)cc1)C(=O)N[C@@H](CC(=O)O)C(=O)N[C@@H](C(C)(C)C)C(=O)N[C@H](C(N)=O)CSCCS3(=O)=O. The van der Waals surface area contributed by atoms with Crippen LogP contribution in [-0.4, -0.2) is 312 Å². The van der Waals surface area contributed by atoms with Gasteiger partial charge in [0.25, 0.3) is 0 Å². The van der Waals surface area contributed by atoms with Crippen molar-refractivity contribution in [1.29, 1.82) is 0 Å². The van der Waals surface area contributed by atoms with E-state index in [9.17, 15) is 132 Å². The zero-order chi connectivity index (χ0) is 106. The summed E-state index contributed by atoms with van der Waals surface area (Å²) < 4.78 is 89.0. The lowest BCUT2D eigenvalue weighted by Crippen LogP contribution is -2.62. The first kappa shape index (κ1) is 116. The number of nitrogens with two attached hydrogens (primary N) is 3. The number of aromatic hydroxyl groups is 1. The Labute approximate surface area is 833 Å². The van der Waals surface area contributed by atoms with E-state index >= 15 is 14.4 Å². The Kier molecular flexibility index (Phi) is 43.5. The van der Waals surface area contributed by atoms with Crippen LogP contribution in [0.3, 0.4) is 0 Å². The monoisotopic (exact) mass is 2110 g/mol. The fourth-order valence-electron chi connectivity index (χ4n) is 14.1. The number of hydrogen-bond acceptors (Lipinski definition) is 31. The van der Waals surface area contributed by atoms with E-state index in [2.05, 4.69) is 74.4 Å². The zero-order valence-electron chi connectivity index (χ0n) is 78.1. The molecule has 4 bridgehead atoms. The van der Waals surface area contributed by atoms with Crippen LogP contribution in [0.5, 0.6) is 5.75 Å². The third-order valence-electron chi connectivity index (χ3n) is 22.0. The molecule has 15 atom stereocenters. The molecule has 0 fully saturated rings. The van der Waals surface area contributed by atoms with Gasteiger partial charge in [-0.05, 0) is 96.8 Å². The number of fused-ring (bicyclic) bond motifs is 8. The number of benzene rings is 5. The Morgan fingerprint density at radius 3 is 1.27 bits per heavy atom. The number of carboxylic acid groups (broad SMARTS) is 4. The number of phenolic OH excluding ortho intramolecular Hbond substituents is 1. The molecule has 778 valence electrons. The van der Waals surface area contributed by atoms with E-state index in [1.165, 1.54) is 82.3 Å². The molecule has 0 unspecified atom stereocenters. The minimum Gasteiger partial charge on any atom is -0.508 e. The third-order valence-corrected chi connectivity index (χ3v) is 31.1. The predicted octanol–water partition coefficient (Wildman–Crippen LogP) is -4.92. The van der Waals surface area contributed by atoms with Gasteiger partial charge in [-0.1, -0.05) is 106 Å². The highest BCUT2D eigenvalue weighted by Crippen LogP contribution is 2.29. The molecule has 48 nitrogen and oxygen atoms in total. The first-order valence-corrected chi connectivity index (χ1v) is 52.7. The molecule has 0 aliphatic carbocycles. The number of nitrogens with one attached hydrogen (secondary N) is 14. The third kappa shape index (κ3) is 37.0. The van der Waals surface area contributed by atoms with Crippen LogP contribution in [0.25, 0.3) is 10.8 Å². The van der Waals surface area contributed by atoms with Gasteiger partial charge in [0, 0.05) is 66.6 Å². The summed E-state index contributed by atoms with van der Waals surface area (Å²) in [6, 6.07) is -3.27. The second-order valence-electron chi connectivity index (χ2n) is 34.6. The number of primary amides is 2.